The van der Waals surface area contributed by atoms with E-state index in [1.165, 1.54) is 57.8 Å². The predicted octanol–water partition coefficient (Wildman–Crippen LogP) is 20.8. The Bertz CT molecular complexity index is 1980. The van der Waals surface area contributed by atoms with Crippen molar-refractivity contribution in [2.24, 2.45) is 0 Å². The van der Waals surface area contributed by atoms with Crippen molar-refractivity contribution < 1.29 is 37.3 Å². The molecule has 3 atom stereocenters. The summed E-state index contributed by atoms with van der Waals surface area (Å²) in [6, 6.07) is -0.894. The number of phosphoric acid groups is 1. The zero-order valence-corrected chi connectivity index (χ0v) is 54.5. The van der Waals surface area contributed by atoms with Crippen LogP contribution in [-0.4, -0.2) is 74.3 Å². The van der Waals surface area contributed by atoms with E-state index < -0.39 is 20.0 Å². The third kappa shape index (κ3) is 62.0. The smallest absolute Gasteiger partial charge is 0.456 e. The SMILES string of the molecule is CC/C=C\C/C=C\C/C=C\C/C=C\C/C=C\C/C=C\CCCCCCC(=O)NC(COP(=O)(O)OCC[N+](C)(C)C)C(/C=C/CCCCCCCCCCCCC)OC(=O)CCCC/C=C\C/C=C\C/C=C\C/C=C\C/C=C\C/C=C\CC. The summed E-state index contributed by atoms with van der Waals surface area (Å²) in [7, 11) is 1.43. The molecule has 0 aromatic rings. The van der Waals surface area contributed by atoms with Crippen LogP contribution in [0.3, 0.4) is 0 Å². The molecule has 0 heterocycles. The van der Waals surface area contributed by atoms with Crippen LogP contribution in [0.15, 0.2) is 158 Å². The summed E-state index contributed by atoms with van der Waals surface area (Å²) in [5.41, 5.74) is 0. The number of nitrogens with zero attached hydrogens (tertiary/aromatic N) is 1. The van der Waals surface area contributed by atoms with Crippen molar-refractivity contribution in [3.63, 3.8) is 0 Å². The van der Waals surface area contributed by atoms with Gasteiger partial charge in [-0.25, -0.2) is 4.57 Å². The maximum atomic E-state index is 13.6. The Kier molecular flexibility index (Phi) is 57.5. The fourth-order valence-electron chi connectivity index (χ4n) is 8.47. The summed E-state index contributed by atoms with van der Waals surface area (Å²) in [5.74, 6) is -0.597. The standard InChI is InChI=1S/C73H121N2O7P/c1-7-10-13-16-19-22-25-28-30-32-34-36-37-39-40-42-44-47-50-53-56-59-62-65-72(76)74-70(69-81-83(78,79)80-68-67-75(4,5)6)71(64-61-58-55-52-49-46-27-24-21-18-15-12-9-3)82-73(77)66-63-60-57-54-51-48-45-43-41-38-35-33-31-29-26-23-20-17-14-11-8-2/h10-11,13-14,19-20,22-23,28-31,34-36,38-40,43-45,47,51,54,61,64,70-71H,7-9,12,15-18,21,24-27,32-33,37,41-42,46,48-50,52-53,55-60,62-63,65-69H2,1-6H3,(H-,74,76,78,79)/p+1/b13-10-,14-11-,22-19-,23-20-,30-28-,31-29-,36-34-,38-35-,40-39-,45-43-,47-44-,54-51-,64-61+. The number of rotatable bonds is 57. The molecule has 2 N–H and O–H groups in total. The molecule has 470 valence electrons. The quantitative estimate of drug-likeness (QED) is 0.0205. The van der Waals surface area contributed by atoms with Gasteiger partial charge >= 0.3 is 13.8 Å². The zero-order valence-electron chi connectivity index (χ0n) is 53.6. The van der Waals surface area contributed by atoms with Gasteiger partial charge in [-0.3, -0.25) is 18.6 Å². The van der Waals surface area contributed by atoms with Crippen LogP contribution in [0.25, 0.3) is 0 Å². The van der Waals surface area contributed by atoms with Gasteiger partial charge in [0.25, 0.3) is 0 Å². The number of esters is 1. The van der Waals surface area contributed by atoms with E-state index in [4.69, 9.17) is 13.8 Å². The number of allylic oxidation sites excluding steroid dienone is 25. The van der Waals surface area contributed by atoms with Crippen LogP contribution in [0.2, 0.25) is 0 Å². The van der Waals surface area contributed by atoms with Gasteiger partial charge in [0.05, 0.1) is 33.8 Å². The van der Waals surface area contributed by atoms with E-state index in [1.54, 1.807) is 0 Å². The number of ether oxygens (including phenoxy) is 1. The molecule has 0 aromatic heterocycles. The first-order valence-corrected chi connectivity index (χ1v) is 34.3. The highest BCUT2D eigenvalue weighted by molar-refractivity contribution is 7.47. The molecule has 1 amide bonds. The number of phosphoric ester groups is 1. The molecule has 0 radical (unpaired) electrons. The topological polar surface area (TPSA) is 111 Å². The van der Waals surface area contributed by atoms with Crippen molar-refractivity contribution in [2.75, 3.05) is 40.9 Å². The van der Waals surface area contributed by atoms with Gasteiger partial charge in [0.2, 0.25) is 5.91 Å². The van der Waals surface area contributed by atoms with E-state index in [-0.39, 0.29) is 37.9 Å². The Morgan fingerprint density at radius 2 is 0.771 bits per heavy atom. The molecule has 3 unspecified atom stereocenters. The lowest BCUT2D eigenvalue weighted by atomic mass is 10.0. The Labute approximate surface area is 510 Å². The number of quaternary nitrogens is 1. The van der Waals surface area contributed by atoms with Gasteiger partial charge in [0.1, 0.15) is 19.3 Å². The molecule has 9 nitrogen and oxygen atoms in total. The largest absolute Gasteiger partial charge is 0.472 e. The fraction of sp³-hybridized carbons (Fsp3) is 0.616. The lowest BCUT2D eigenvalue weighted by Gasteiger charge is -2.27. The van der Waals surface area contributed by atoms with Crippen LogP contribution >= 0.6 is 7.82 Å². The van der Waals surface area contributed by atoms with Crippen molar-refractivity contribution in [2.45, 2.75) is 251 Å². The molecule has 83 heavy (non-hydrogen) atoms. The molecule has 0 bridgehead atoms. The number of hydrogen-bond donors (Lipinski definition) is 2. The number of carbonyl (C=O) groups is 2. The summed E-state index contributed by atoms with van der Waals surface area (Å²) in [5, 5.41) is 3.03. The highest BCUT2D eigenvalue weighted by Crippen LogP contribution is 2.43. The summed E-state index contributed by atoms with van der Waals surface area (Å²) in [6.45, 7) is 6.72. The molecule has 0 spiro atoms. The van der Waals surface area contributed by atoms with Crippen molar-refractivity contribution in [3.8, 4) is 0 Å². The van der Waals surface area contributed by atoms with Crippen LogP contribution < -0.4 is 5.32 Å². The highest BCUT2D eigenvalue weighted by atomic mass is 31.2. The molecule has 0 saturated carbocycles. The minimum absolute atomic E-state index is 0.0181. The molecule has 0 aromatic carbocycles. The van der Waals surface area contributed by atoms with E-state index in [9.17, 15) is 19.0 Å². The second-order valence-corrected chi connectivity index (χ2v) is 24.0. The van der Waals surface area contributed by atoms with E-state index >= 15 is 0 Å². The average molecular weight is 1170 g/mol. The zero-order chi connectivity index (χ0) is 60.7. The molecule has 0 saturated heterocycles. The summed E-state index contributed by atoms with van der Waals surface area (Å²) in [4.78, 5) is 37.8. The molecule has 0 aliphatic heterocycles. The summed E-state index contributed by atoms with van der Waals surface area (Å²) in [6.07, 6.45) is 89.6. The second-order valence-electron chi connectivity index (χ2n) is 22.5. The predicted molar refractivity (Wildman–Crippen MR) is 359 cm³/mol. The maximum Gasteiger partial charge on any atom is 0.472 e. The number of nitrogens with one attached hydrogen (secondary N) is 1. The minimum Gasteiger partial charge on any atom is -0.456 e. The molecule has 0 rings (SSSR count). The molecule has 0 aliphatic rings. The third-order valence-corrected chi connectivity index (χ3v) is 14.4. The van der Waals surface area contributed by atoms with Crippen molar-refractivity contribution in [1.29, 1.82) is 0 Å². The van der Waals surface area contributed by atoms with Gasteiger partial charge in [0.15, 0.2) is 0 Å². The van der Waals surface area contributed by atoms with E-state index in [0.717, 1.165) is 135 Å². The molecule has 0 fully saturated rings. The van der Waals surface area contributed by atoms with Crippen LogP contribution in [0, 0.1) is 0 Å². The van der Waals surface area contributed by atoms with Crippen LogP contribution in [0.1, 0.15) is 239 Å². The van der Waals surface area contributed by atoms with Crippen molar-refractivity contribution in [3.05, 3.63) is 158 Å². The van der Waals surface area contributed by atoms with E-state index in [1.807, 2.05) is 33.3 Å². The third-order valence-electron chi connectivity index (χ3n) is 13.5. The minimum atomic E-state index is -4.48. The number of likely N-dealkylation sites (N-methyl/N-ethyl adjacent to an activating group) is 1. The number of amides is 1. The first-order valence-electron chi connectivity index (χ1n) is 32.8. The number of hydrogen-bond acceptors (Lipinski definition) is 6. The molecule has 0 aliphatic carbocycles. The Morgan fingerprint density at radius 3 is 1.17 bits per heavy atom. The van der Waals surface area contributed by atoms with E-state index in [0.29, 0.717) is 23.9 Å². The molecular formula is C73H122N2O7P+. The second kappa shape index (κ2) is 60.7. The van der Waals surface area contributed by atoms with Crippen LogP contribution in [0.5, 0.6) is 0 Å². The van der Waals surface area contributed by atoms with Gasteiger partial charge in [-0.2, -0.15) is 0 Å². The van der Waals surface area contributed by atoms with Crippen molar-refractivity contribution in [1.82, 2.24) is 5.32 Å². The van der Waals surface area contributed by atoms with Gasteiger partial charge < -0.3 is 19.4 Å². The number of unbranched alkanes of at least 4 members (excludes halogenated alkanes) is 17. The molecule has 10 heteroatoms. The van der Waals surface area contributed by atoms with Crippen molar-refractivity contribution >= 4 is 19.7 Å². The van der Waals surface area contributed by atoms with Gasteiger partial charge in [-0.15, -0.1) is 0 Å². The first kappa shape index (κ1) is 78.6. The monoisotopic (exact) mass is 1170 g/mol. The lowest BCUT2D eigenvalue weighted by Crippen LogP contribution is -2.47. The molecular weight excluding hydrogens is 1050 g/mol. The summed E-state index contributed by atoms with van der Waals surface area (Å²) >= 11 is 0. The van der Waals surface area contributed by atoms with E-state index in [2.05, 4.69) is 172 Å². The van der Waals surface area contributed by atoms with Crippen LogP contribution in [-0.2, 0) is 27.9 Å². The number of carbonyl (C=O) groups excluding carboxylic acids is 2. The normalized spacial score (nSPS) is 14.6. The summed E-state index contributed by atoms with van der Waals surface area (Å²) < 4.78 is 30.7. The van der Waals surface area contributed by atoms with Gasteiger partial charge in [0, 0.05) is 12.8 Å². The lowest BCUT2D eigenvalue weighted by molar-refractivity contribution is -0.870. The van der Waals surface area contributed by atoms with Gasteiger partial charge in [-0.05, 0) is 134 Å². The Balaban J connectivity index is 5.38. The first-order chi connectivity index (χ1) is 40.4. The fourth-order valence-corrected chi connectivity index (χ4v) is 9.21. The Hall–Kier alpha value is -4.37. The highest BCUT2D eigenvalue weighted by Gasteiger charge is 2.30. The maximum absolute atomic E-state index is 13.6. The Morgan fingerprint density at radius 1 is 0.434 bits per heavy atom. The average Bonchev–Trinajstić information content (AvgIpc) is 3.46. The van der Waals surface area contributed by atoms with Gasteiger partial charge in [-0.1, -0.05) is 250 Å². The van der Waals surface area contributed by atoms with Crippen LogP contribution in [0.4, 0.5) is 0 Å².